The number of carbonyl (C=O) groups is 1. The first-order chi connectivity index (χ1) is 7.39. The van der Waals surface area contributed by atoms with Gasteiger partial charge in [-0.25, -0.2) is 4.39 Å². The molecule has 0 saturated heterocycles. The van der Waals surface area contributed by atoms with E-state index in [0.29, 0.717) is 5.56 Å². The van der Waals surface area contributed by atoms with Crippen LogP contribution in [0, 0.1) is 29.5 Å². The minimum absolute atomic E-state index is 0.196. The zero-order valence-electron chi connectivity index (χ0n) is 9.67. The van der Waals surface area contributed by atoms with Crippen molar-refractivity contribution in [2.24, 2.45) is 5.41 Å². The molecular formula is C13H14FNO. The molecule has 1 atom stereocenters. The molecule has 0 N–H and O–H groups in total. The van der Waals surface area contributed by atoms with Crippen LogP contribution in [0.25, 0.3) is 0 Å². The normalized spacial score (nSPS) is 13.9. The summed E-state index contributed by atoms with van der Waals surface area (Å²) in [5.41, 5.74) is 0.529. The Morgan fingerprint density at radius 3 is 2.69 bits per heavy atom. The zero-order valence-corrected chi connectivity index (χ0v) is 9.67. The van der Waals surface area contributed by atoms with E-state index in [4.69, 9.17) is 5.26 Å². The summed E-state index contributed by atoms with van der Waals surface area (Å²) in [7, 11) is 0. The molecule has 0 aliphatic heterocycles. The van der Waals surface area contributed by atoms with Gasteiger partial charge in [-0.3, -0.25) is 4.79 Å². The number of Topliss-reactive ketones (excluding diaryl/α,β-unsaturated/α-hetero) is 1. The topological polar surface area (TPSA) is 40.9 Å². The average Bonchev–Trinajstić information content (AvgIpc) is 2.23. The minimum Gasteiger partial charge on any atom is -0.298 e. The molecule has 16 heavy (non-hydrogen) atoms. The molecule has 0 aliphatic carbocycles. The van der Waals surface area contributed by atoms with Crippen LogP contribution in [-0.2, 0) is 11.2 Å². The first-order valence-electron chi connectivity index (χ1n) is 5.06. The number of nitriles is 1. The number of hydrogen-bond acceptors (Lipinski definition) is 2. The highest BCUT2D eigenvalue weighted by molar-refractivity contribution is 5.85. The standard InChI is InChI=1S/C13H14FNO/c1-9-4-5-12(14)6-11(9)7-13(3,8-15)10(2)16/h4-6H,7H2,1-3H3. The first kappa shape index (κ1) is 12.4. The molecule has 1 rings (SSSR count). The van der Waals surface area contributed by atoms with Gasteiger partial charge in [-0.2, -0.15) is 5.26 Å². The Morgan fingerprint density at radius 2 is 2.19 bits per heavy atom. The fourth-order valence-electron chi connectivity index (χ4n) is 1.45. The van der Waals surface area contributed by atoms with Gasteiger partial charge in [0.25, 0.3) is 0 Å². The van der Waals surface area contributed by atoms with E-state index in [2.05, 4.69) is 0 Å². The zero-order chi connectivity index (χ0) is 12.3. The third-order valence-electron chi connectivity index (χ3n) is 2.88. The highest BCUT2D eigenvalue weighted by Crippen LogP contribution is 2.25. The molecule has 0 amide bonds. The van der Waals surface area contributed by atoms with Crippen molar-refractivity contribution in [3.05, 3.63) is 35.1 Å². The van der Waals surface area contributed by atoms with Crippen LogP contribution in [0.1, 0.15) is 25.0 Å². The number of benzene rings is 1. The fourth-order valence-corrected chi connectivity index (χ4v) is 1.45. The van der Waals surface area contributed by atoms with Crippen LogP contribution >= 0.6 is 0 Å². The molecule has 0 aromatic heterocycles. The summed E-state index contributed by atoms with van der Waals surface area (Å²) in [6.45, 7) is 4.81. The molecule has 0 bridgehead atoms. The van der Waals surface area contributed by atoms with E-state index < -0.39 is 5.41 Å². The number of halogens is 1. The van der Waals surface area contributed by atoms with Gasteiger partial charge in [-0.1, -0.05) is 6.07 Å². The van der Waals surface area contributed by atoms with Crippen molar-refractivity contribution in [3.63, 3.8) is 0 Å². The molecule has 0 saturated carbocycles. The van der Waals surface area contributed by atoms with E-state index in [0.717, 1.165) is 5.56 Å². The van der Waals surface area contributed by atoms with Crippen LogP contribution in [0.3, 0.4) is 0 Å². The summed E-state index contributed by atoms with van der Waals surface area (Å²) in [5.74, 6) is -0.539. The van der Waals surface area contributed by atoms with Gasteiger partial charge in [-0.15, -0.1) is 0 Å². The molecule has 0 spiro atoms. The quantitative estimate of drug-likeness (QED) is 0.784. The lowest BCUT2D eigenvalue weighted by Gasteiger charge is -2.19. The molecule has 1 aromatic carbocycles. The van der Waals surface area contributed by atoms with E-state index in [1.165, 1.54) is 19.1 Å². The number of aryl methyl sites for hydroxylation is 1. The maximum absolute atomic E-state index is 13.1. The molecule has 1 aromatic rings. The smallest absolute Gasteiger partial charge is 0.150 e. The Labute approximate surface area is 94.7 Å². The van der Waals surface area contributed by atoms with Gasteiger partial charge in [0.15, 0.2) is 0 Å². The molecule has 0 aliphatic rings. The van der Waals surface area contributed by atoms with Gasteiger partial charge in [0.1, 0.15) is 17.0 Å². The van der Waals surface area contributed by atoms with E-state index in [1.807, 2.05) is 13.0 Å². The number of ketones is 1. The second-order valence-corrected chi connectivity index (χ2v) is 4.25. The second-order valence-electron chi connectivity index (χ2n) is 4.25. The van der Waals surface area contributed by atoms with E-state index in [9.17, 15) is 9.18 Å². The average molecular weight is 219 g/mol. The molecule has 0 heterocycles. The van der Waals surface area contributed by atoms with Gasteiger partial charge in [-0.05, 0) is 50.5 Å². The van der Waals surface area contributed by atoms with Crippen LogP contribution in [-0.4, -0.2) is 5.78 Å². The van der Waals surface area contributed by atoms with Gasteiger partial charge in [0, 0.05) is 0 Å². The minimum atomic E-state index is -1.07. The van der Waals surface area contributed by atoms with Crippen LogP contribution in [0.2, 0.25) is 0 Å². The van der Waals surface area contributed by atoms with Crippen molar-refractivity contribution in [3.8, 4) is 6.07 Å². The SMILES string of the molecule is CC(=O)C(C)(C#N)Cc1cc(F)ccc1C. The lowest BCUT2D eigenvalue weighted by molar-refractivity contribution is -0.123. The van der Waals surface area contributed by atoms with Crippen molar-refractivity contribution in [2.45, 2.75) is 27.2 Å². The monoisotopic (exact) mass is 219 g/mol. The van der Waals surface area contributed by atoms with Crippen LogP contribution in [0.15, 0.2) is 18.2 Å². The largest absolute Gasteiger partial charge is 0.298 e. The predicted molar refractivity (Wildman–Crippen MR) is 59.2 cm³/mol. The van der Waals surface area contributed by atoms with E-state index in [1.54, 1.807) is 13.0 Å². The number of nitrogens with zero attached hydrogens (tertiary/aromatic N) is 1. The summed E-state index contributed by atoms with van der Waals surface area (Å²) < 4.78 is 13.1. The van der Waals surface area contributed by atoms with Crippen molar-refractivity contribution >= 4 is 5.78 Å². The lowest BCUT2D eigenvalue weighted by atomic mass is 9.81. The summed E-state index contributed by atoms with van der Waals surface area (Å²) in [6, 6.07) is 6.41. The summed E-state index contributed by atoms with van der Waals surface area (Å²) in [4.78, 5) is 11.4. The molecule has 84 valence electrons. The highest BCUT2D eigenvalue weighted by Gasteiger charge is 2.30. The molecule has 3 heteroatoms. The van der Waals surface area contributed by atoms with Crippen LogP contribution in [0.5, 0.6) is 0 Å². The lowest BCUT2D eigenvalue weighted by Crippen LogP contribution is -2.26. The Balaban J connectivity index is 3.09. The fraction of sp³-hybridized carbons (Fsp3) is 0.385. The predicted octanol–water partition coefficient (Wildman–Crippen LogP) is 2.80. The number of rotatable bonds is 3. The summed E-state index contributed by atoms with van der Waals surface area (Å²) in [5, 5.41) is 9.01. The van der Waals surface area contributed by atoms with Gasteiger partial charge in [0.05, 0.1) is 6.07 Å². The number of carbonyl (C=O) groups excluding carboxylic acids is 1. The van der Waals surface area contributed by atoms with E-state index in [-0.39, 0.29) is 18.0 Å². The molecule has 2 nitrogen and oxygen atoms in total. The third kappa shape index (κ3) is 2.46. The Bertz CT molecular complexity index is 461. The Kier molecular flexibility index (Phi) is 3.44. The first-order valence-corrected chi connectivity index (χ1v) is 5.06. The number of hydrogen-bond donors (Lipinski definition) is 0. The van der Waals surface area contributed by atoms with Gasteiger partial charge < -0.3 is 0 Å². The van der Waals surface area contributed by atoms with Crippen molar-refractivity contribution < 1.29 is 9.18 Å². The van der Waals surface area contributed by atoms with Crippen molar-refractivity contribution in [1.29, 1.82) is 5.26 Å². The summed E-state index contributed by atoms with van der Waals surface area (Å²) >= 11 is 0. The Morgan fingerprint density at radius 1 is 1.56 bits per heavy atom. The maximum atomic E-state index is 13.1. The summed E-state index contributed by atoms with van der Waals surface area (Å²) in [6.07, 6.45) is 0.252. The van der Waals surface area contributed by atoms with Crippen LogP contribution in [0.4, 0.5) is 4.39 Å². The van der Waals surface area contributed by atoms with Crippen molar-refractivity contribution in [1.82, 2.24) is 0 Å². The molecule has 0 fully saturated rings. The molecule has 1 unspecified atom stereocenters. The second kappa shape index (κ2) is 4.44. The van der Waals surface area contributed by atoms with Gasteiger partial charge >= 0.3 is 0 Å². The molecular weight excluding hydrogens is 205 g/mol. The highest BCUT2D eigenvalue weighted by atomic mass is 19.1. The van der Waals surface area contributed by atoms with Crippen molar-refractivity contribution in [2.75, 3.05) is 0 Å². The maximum Gasteiger partial charge on any atom is 0.150 e. The van der Waals surface area contributed by atoms with Crippen LogP contribution < -0.4 is 0 Å². The Hall–Kier alpha value is -1.69. The molecule has 0 radical (unpaired) electrons. The van der Waals surface area contributed by atoms with Gasteiger partial charge in [0.2, 0.25) is 0 Å². The van der Waals surface area contributed by atoms with E-state index >= 15 is 0 Å². The third-order valence-corrected chi connectivity index (χ3v) is 2.88.